The van der Waals surface area contributed by atoms with Gasteiger partial charge in [-0.05, 0) is 19.3 Å². The van der Waals surface area contributed by atoms with Gasteiger partial charge in [0, 0.05) is 18.9 Å². The first-order chi connectivity index (χ1) is 8.86. The Balaban J connectivity index is 4.15. The highest BCUT2D eigenvalue weighted by atomic mass is 16.4. The van der Waals surface area contributed by atoms with Gasteiger partial charge in [-0.3, -0.25) is 9.59 Å². The summed E-state index contributed by atoms with van der Waals surface area (Å²) in [5.41, 5.74) is 5.69. The molecule has 7 heteroatoms. The highest BCUT2D eigenvalue weighted by Gasteiger charge is 2.20. The number of carbonyl (C=O) groups is 3. The summed E-state index contributed by atoms with van der Waals surface area (Å²) >= 11 is 0. The topological polar surface area (TPSA) is 130 Å². The standard InChI is InChI=1S/C12H22N2O5/c1-2-4-8(13)7-10(15)14-9(12(18)19)5-3-6-11(16)17/h8-9H,2-7,13H2,1H3,(H,14,15)(H,16,17)(H,18,19)/t8?,9-/m1/s1. The van der Waals surface area contributed by atoms with Crippen molar-refractivity contribution in [1.29, 1.82) is 0 Å². The molecule has 0 saturated heterocycles. The molecule has 0 aromatic heterocycles. The first kappa shape index (κ1) is 17.4. The van der Waals surface area contributed by atoms with Crippen molar-refractivity contribution in [2.24, 2.45) is 5.73 Å². The second-order valence-electron chi connectivity index (χ2n) is 4.50. The number of amides is 1. The van der Waals surface area contributed by atoms with E-state index in [9.17, 15) is 14.4 Å². The van der Waals surface area contributed by atoms with Gasteiger partial charge >= 0.3 is 11.9 Å². The van der Waals surface area contributed by atoms with Gasteiger partial charge in [0.05, 0.1) is 0 Å². The molecule has 0 aromatic rings. The Hall–Kier alpha value is -1.63. The first-order valence-electron chi connectivity index (χ1n) is 6.36. The third kappa shape index (κ3) is 9.01. The van der Waals surface area contributed by atoms with Crippen molar-refractivity contribution in [3.05, 3.63) is 0 Å². The van der Waals surface area contributed by atoms with E-state index in [0.717, 1.165) is 6.42 Å². The van der Waals surface area contributed by atoms with Crippen LogP contribution in [0.4, 0.5) is 0 Å². The minimum absolute atomic E-state index is 0.0799. The smallest absolute Gasteiger partial charge is 0.326 e. The van der Waals surface area contributed by atoms with E-state index >= 15 is 0 Å². The molecule has 1 amide bonds. The molecule has 1 unspecified atom stereocenters. The average molecular weight is 274 g/mol. The minimum atomic E-state index is -1.16. The average Bonchev–Trinajstić information content (AvgIpc) is 2.27. The minimum Gasteiger partial charge on any atom is -0.481 e. The zero-order valence-corrected chi connectivity index (χ0v) is 11.1. The van der Waals surface area contributed by atoms with Crippen LogP contribution in [-0.2, 0) is 14.4 Å². The second-order valence-corrected chi connectivity index (χ2v) is 4.50. The number of carbonyl (C=O) groups excluding carboxylic acids is 1. The van der Waals surface area contributed by atoms with Crippen LogP contribution >= 0.6 is 0 Å². The Morgan fingerprint density at radius 3 is 2.32 bits per heavy atom. The van der Waals surface area contributed by atoms with Crippen molar-refractivity contribution < 1.29 is 24.6 Å². The fourth-order valence-corrected chi connectivity index (χ4v) is 1.68. The van der Waals surface area contributed by atoms with Crippen LogP contribution in [0.15, 0.2) is 0 Å². The lowest BCUT2D eigenvalue weighted by Crippen LogP contribution is -2.42. The molecule has 0 aliphatic heterocycles. The fourth-order valence-electron chi connectivity index (χ4n) is 1.68. The molecule has 19 heavy (non-hydrogen) atoms. The number of nitrogens with two attached hydrogens (primary N) is 1. The Morgan fingerprint density at radius 1 is 1.21 bits per heavy atom. The molecule has 0 saturated carbocycles. The van der Waals surface area contributed by atoms with Crippen LogP contribution in [0.25, 0.3) is 0 Å². The molecule has 0 fully saturated rings. The van der Waals surface area contributed by atoms with Crippen LogP contribution in [-0.4, -0.2) is 40.1 Å². The predicted octanol–water partition coefficient (Wildman–Crippen LogP) is 0.328. The lowest BCUT2D eigenvalue weighted by atomic mass is 10.1. The van der Waals surface area contributed by atoms with Gasteiger partial charge in [0.1, 0.15) is 6.04 Å². The largest absolute Gasteiger partial charge is 0.481 e. The van der Waals surface area contributed by atoms with Gasteiger partial charge in [0.15, 0.2) is 0 Å². The maximum Gasteiger partial charge on any atom is 0.326 e. The first-order valence-corrected chi connectivity index (χ1v) is 6.36. The van der Waals surface area contributed by atoms with Crippen LogP contribution in [0.5, 0.6) is 0 Å². The zero-order chi connectivity index (χ0) is 14.8. The van der Waals surface area contributed by atoms with Crippen LogP contribution in [0.1, 0.15) is 45.4 Å². The molecule has 0 bridgehead atoms. The molecule has 7 nitrogen and oxygen atoms in total. The number of carboxylic acid groups (broad SMARTS) is 2. The third-order valence-electron chi connectivity index (χ3n) is 2.62. The van der Waals surface area contributed by atoms with Crippen molar-refractivity contribution in [2.45, 2.75) is 57.5 Å². The highest BCUT2D eigenvalue weighted by molar-refractivity contribution is 5.83. The van der Waals surface area contributed by atoms with Crippen LogP contribution in [0.3, 0.4) is 0 Å². The molecule has 0 aliphatic rings. The molecule has 2 atom stereocenters. The Labute approximate surface area is 112 Å². The molecule has 0 radical (unpaired) electrons. The molecule has 110 valence electrons. The maximum atomic E-state index is 11.6. The highest BCUT2D eigenvalue weighted by Crippen LogP contribution is 2.04. The second kappa shape index (κ2) is 9.32. The third-order valence-corrected chi connectivity index (χ3v) is 2.62. The maximum absolute atomic E-state index is 11.6. The van der Waals surface area contributed by atoms with E-state index < -0.39 is 23.9 Å². The molecule has 0 spiro atoms. The number of hydrogen-bond donors (Lipinski definition) is 4. The lowest BCUT2D eigenvalue weighted by Gasteiger charge is -2.16. The molecule has 0 rings (SSSR count). The summed E-state index contributed by atoms with van der Waals surface area (Å²) < 4.78 is 0. The summed E-state index contributed by atoms with van der Waals surface area (Å²) in [7, 11) is 0. The van der Waals surface area contributed by atoms with Gasteiger partial charge in [-0.15, -0.1) is 0 Å². The quantitative estimate of drug-likeness (QED) is 0.454. The van der Waals surface area contributed by atoms with Crippen LogP contribution in [0.2, 0.25) is 0 Å². The summed E-state index contributed by atoms with van der Waals surface area (Å²) in [4.78, 5) is 32.8. The normalized spacial score (nSPS) is 13.6. The van der Waals surface area contributed by atoms with Gasteiger partial charge in [-0.2, -0.15) is 0 Å². The van der Waals surface area contributed by atoms with Crippen molar-refractivity contribution >= 4 is 17.8 Å². The van der Waals surface area contributed by atoms with Crippen molar-refractivity contribution in [3.63, 3.8) is 0 Å². The van der Waals surface area contributed by atoms with E-state index in [1.54, 1.807) is 0 Å². The van der Waals surface area contributed by atoms with Gasteiger partial charge in [-0.1, -0.05) is 13.3 Å². The number of nitrogens with one attached hydrogen (secondary N) is 1. The van der Waals surface area contributed by atoms with Gasteiger partial charge in [0.2, 0.25) is 5.91 Å². The molecule has 0 aliphatic carbocycles. The van der Waals surface area contributed by atoms with Gasteiger partial charge in [-0.25, -0.2) is 4.79 Å². The van der Waals surface area contributed by atoms with E-state index in [4.69, 9.17) is 15.9 Å². The number of aliphatic carboxylic acids is 2. The summed E-state index contributed by atoms with van der Waals surface area (Å²) in [5, 5.41) is 19.8. The van der Waals surface area contributed by atoms with E-state index in [2.05, 4.69) is 5.32 Å². The van der Waals surface area contributed by atoms with Crippen molar-refractivity contribution in [2.75, 3.05) is 0 Å². The van der Waals surface area contributed by atoms with Crippen molar-refractivity contribution in [1.82, 2.24) is 5.32 Å². The Bertz CT molecular complexity index is 319. The number of carboxylic acids is 2. The Morgan fingerprint density at radius 2 is 1.84 bits per heavy atom. The van der Waals surface area contributed by atoms with E-state index in [0.29, 0.717) is 6.42 Å². The zero-order valence-electron chi connectivity index (χ0n) is 11.1. The lowest BCUT2D eigenvalue weighted by molar-refractivity contribution is -0.142. The summed E-state index contributed by atoms with van der Waals surface area (Å²) in [6.07, 6.45) is 1.81. The number of rotatable bonds is 10. The number of hydrogen-bond acceptors (Lipinski definition) is 4. The summed E-state index contributed by atoms with van der Waals surface area (Å²) in [6, 6.07) is -1.33. The van der Waals surface area contributed by atoms with Crippen LogP contribution in [0, 0.1) is 0 Å². The van der Waals surface area contributed by atoms with E-state index in [-0.39, 0.29) is 31.7 Å². The monoisotopic (exact) mass is 274 g/mol. The van der Waals surface area contributed by atoms with E-state index in [1.165, 1.54) is 0 Å². The summed E-state index contributed by atoms with van der Waals surface area (Å²) in [5.74, 6) is -2.56. The van der Waals surface area contributed by atoms with Gasteiger partial charge < -0.3 is 21.3 Å². The molecule has 5 N–H and O–H groups in total. The predicted molar refractivity (Wildman–Crippen MR) is 68.6 cm³/mol. The molecular weight excluding hydrogens is 252 g/mol. The Kier molecular flexibility index (Phi) is 8.52. The molecular formula is C12H22N2O5. The SMILES string of the molecule is CCCC(N)CC(=O)N[C@H](CCCC(=O)O)C(=O)O. The summed E-state index contributed by atoms with van der Waals surface area (Å²) in [6.45, 7) is 1.95. The molecule has 0 heterocycles. The van der Waals surface area contributed by atoms with Gasteiger partial charge in [0.25, 0.3) is 0 Å². The van der Waals surface area contributed by atoms with Crippen LogP contribution < -0.4 is 11.1 Å². The molecule has 0 aromatic carbocycles. The van der Waals surface area contributed by atoms with Crippen molar-refractivity contribution in [3.8, 4) is 0 Å². The fraction of sp³-hybridized carbons (Fsp3) is 0.750. The van der Waals surface area contributed by atoms with E-state index in [1.807, 2.05) is 6.92 Å².